The number of hydrogen-bond donors (Lipinski definition) is 2. The van der Waals surface area contributed by atoms with Crippen LogP contribution in [-0.2, 0) is 14.4 Å². The molecule has 2 atom stereocenters. The van der Waals surface area contributed by atoms with Gasteiger partial charge in [-0.15, -0.1) is 0 Å². The number of carbonyl (C=O) groups is 3. The molecule has 162 valence electrons. The number of hydrogen-bond acceptors (Lipinski definition) is 5. The van der Waals surface area contributed by atoms with Crippen molar-refractivity contribution in [1.82, 2.24) is 0 Å². The van der Waals surface area contributed by atoms with Crippen LogP contribution in [0.25, 0.3) is 5.57 Å². The Kier molecular flexibility index (Phi) is 5.82. The fraction of sp³-hybridized carbons (Fsp3) is 0.476. The van der Waals surface area contributed by atoms with Crippen molar-refractivity contribution in [2.45, 2.75) is 58.2 Å². The molecule has 7 nitrogen and oxygen atoms in total. The normalized spacial score (nSPS) is 21.2. The monoisotopic (exact) mass is 456 g/mol. The summed E-state index contributed by atoms with van der Waals surface area (Å²) in [6.07, 6.45) is 2.11. The highest BCUT2D eigenvalue weighted by Gasteiger charge is 2.49. The van der Waals surface area contributed by atoms with Gasteiger partial charge < -0.3 is 19.7 Å². The minimum absolute atomic E-state index is 0.0326. The zero-order chi connectivity index (χ0) is 22.4. The smallest absolute Gasteiger partial charge is 0.346 e. The lowest BCUT2D eigenvalue weighted by molar-refractivity contribution is -0.164. The molecule has 30 heavy (non-hydrogen) atoms. The van der Waals surface area contributed by atoms with Crippen molar-refractivity contribution >= 4 is 46.5 Å². The molecule has 1 aromatic carbocycles. The van der Waals surface area contributed by atoms with Crippen LogP contribution in [-0.4, -0.2) is 39.6 Å². The quantitative estimate of drug-likeness (QED) is 0.615. The molecule has 9 heteroatoms. The van der Waals surface area contributed by atoms with Gasteiger partial charge in [-0.2, -0.15) is 0 Å². The molecule has 1 aromatic rings. The number of benzene rings is 1. The van der Waals surface area contributed by atoms with E-state index in [1.54, 1.807) is 0 Å². The Hall–Kier alpha value is -2.25. The number of ether oxygens (including phenoxy) is 2. The summed E-state index contributed by atoms with van der Waals surface area (Å²) >= 11 is 12.9. The van der Waals surface area contributed by atoms with Crippen LogP contribution in [0.2, 0.25) is 10.0 Å². The van der Waals surface area contributed by atoms with E-state index in [0.717, 1.165) is 6.42 Å². The van der Waals surface area contributed by atoms with E-state index in [1.807, 2.05) is 6.92 Å². The SMILES string of the molecule is CCCC12CCC(=O)C=C1c1c(cc(OC(C(=O)O)C(C)(C)C(=O)O)c(Cl)c1Cl)O2. The molecular formula is C21H22Cl2O7. The van der Waals surface area contributed by atoms with Gasteiger partial charge in [0.15, 0.2) is 5.78 Å². The lowest BCUT2D eigenvalue weighted by Gasteiger charge is -2.32. The number of halogens is 2. The lowest BCUT2D eigenvalue weighted by atomic mass is 9.78. The van der Waals surface area contributed by atoms with Crippen LogP contribution in [0.1, 0.15) is 52.0 Å². The number of aliphatic carboxylic acids is 2. The topological polar surface area (TPSA) is 110 Å². The van der Waals surface area contributed by atoms with Crippen LogP contribution in [0, 0.1) is 5.41 Å². The first kappa shape index (κ1) is 22.4. The predicted molar refractivity (Wildman–Crippen MR) is 110 cm³/mol. The maximum atomic E-state index is 12.1. The Balaban J connectivity index is 2.10. The van der Waals surface area contributed by atoms with Gasteiger partial charge in [0.05, 0.1) is 5.02 Å². The van der Waals surface area contributed by atoms with Gasteiger partial charge in [0.1, 0.15) is 27.5 Å². The van der Waals surface area contributed by atoms with Crippen LogP contribution >= 0.6 is 23.2 Å². The van der Waals surface area contributed by atoms with Crippen molar-refractivity contribution < 1.29 is 34.1 Å². The van der Waals surface area contributed by atoms with Crippen molar-refractivity contribution in [2.24, 2.45) is 5.41 Å². The summed E-state index contributed by atoms with van der Waals surface area (Å²) < 4.78 is 11.8. The number of carboxylic acid groups (broad SMARTS) is 2. The molecule has 0 saturated carbocycles. The molecule has 1 heterocycles. The number of fused-ring (bicyclic) bond motifs is 3. The summed E-state index contributed by atoms with van der Waals surface area (Å²) in [6, 6.07) is 1.42. The first-order valence-electron chi connectivity index (χ1n) is 9.54. The Labute approximate surface area is 183 Å². The van der Waals surface area contributed by atoms with Gasteiger partial charge in [0.2, 0.25) is 6.10 Å². The van der Waals surface area contributed by atoms with E-state index < -0.39 is 29.1 Å². The van der Waals surface area contributed by atoms with Crippen LogP contribution in [0.5, 0.6) is 11.5 Å². The highest BCUT2D eigenvalue weighted by Crippen LogP contribution is 2.56. The van der Waals surface area contributed by atoms with Gasteiger partial charge in [0.25, 0.3) is 0 Å². The Morgan fingerprint density at radius 3 is 2.53 bits per heavy atom. The molecule has 0 bridgehead atoms. The molecule has 2 N–H and O–H groups in total. The fourth-order valence-corrected chi connectivity index (χ4v) is 4.38. The number of allylic oxidation sites excluding steroid dienone is 1. The van der Waals surface area contributed by atoms with Crippen LogP contribution in [0.15, 0.2) is 12.1 Å². The van der Waals surface area contributed by atoms with Gasteiger partial charge in [0, 0.05) is 23.6 Å². The van der Waals surface area contributed by atoms with Crippen LogP contribution < -0.4 is 9.47 Å². The summed E-state index contributed by atoms with van der Waals surface area (Å²) in [6.45, 7) is 4.49. The van der Waals surface area contributed by atoms with Crippen molar-refractivity contribution in [2.75, 3.05) is 0 Å². The summed E-state index contributed by atoms with van der Waals surface area (Å²) in [7, 11) is 0. The van der Waals surface area contributed by atoms with E-state index in [1.165, 1.54) is 26.0 Å². The van der Waals surface area contributed by atoms with E-state index in [9.17, 15) is 24.6 Å². The first-order valence-corrected chi connectivity index (χ1v) is 10.3. The largest absolute Gasteiger partial charge is 0.482 e. The third-order valence-electron chi connectivity index (χ3n) is 5.61. The number of ketones is 1. The zero-order valence-corrected chi connectivity index (χ0v) is 18.3. The summed E-state index contributed by atoms with van der Waals surface area (Å²) in [5.74, 6) is -2.60. The zero-order valence-electron chi connectivity index (χ0n) is 16.8. The number of carboxylic acids is 2. The fourth-order valence-electron chi connectivity index (χ4n) is 3.90. The maximum absolute atomic E-state index is 12.1. The molecule has 0 saturated heterocycles. The van der Waals surface area contributed by atoms with E-state index in [4.69, 9.17) is 32.7 Å². The molecule has 0 spiro atoms. The van der Waals surface area contributed by atoms with Gasteiger partial charge in [-0.05, 0) is 32.8 Å². The van der Waals surface area contributed by atoms with Crippen molar-refractivity contribution in [3.8, 4) is 11.5 Å². The van der Waals surface area contributed by atoms with E-state index in [2.05, 4.69) is 0 Å². The Morgan fingerprint density at radius 2 is 1.97 bits per heavy atom. The first-order chi connectivity index (χ1) is 13.9. The molecule has 2 aliphatic rings. The van der Waals surface area contributed by atoms with Crippen molar-refractivity contribution in [3.63, 3.8) is 0 Å². The van der Waals surface area contributed by atoms with E-state index in [-0.39, 0.29) is 21.6 Å². The molecule has 0 fully saturated rings. The minimum atomic E-state index is -1.74. The van der Waals surface area contributed by atoms with Gasteiger partial charge in [-0.1, -0.05) is 36.5 Å². The number of carbonyl (C=O) groups excluding carboxylic acids is 1. The molecular weight excluding hydrogens is 435 g/mol. The predicted octanol–water partition coefficient (Wildman–Crippen LogP) is 4.61. The summed E-state index contributed by atoms with van der Waals surface area (Å²) in [4.78, 5) is 35.3. The second-order valence-electron chi connectivity index (χ2n) is 8.11. The second kappa shape index (κ2) is 7.78. The van der Waals surface area contributed by atoms with Crippen molar-refractivity contribution in [3.05, 3.63) is 27.8 Å². The molecule has 0 aromatic heterocycles. The maximum Gasteiger partial charge on any atom is 0.346 e. The van der Waals surface area contributed by atoms with Crippen LogP contribution in [0.3, 0.4) is 0 Å². The van der Waals surface area contributed by atoms with Gasteiger partial charge in [-0.3, -0.25) is 9.59 Å². The highest BCUT2D eigenvalue weighted by molar-refractivity contribution is 6.44. The van der Waals surface area contributed by atoms with E-state index >= 15 is 0 Å². The summed E-state index contributed by atoms with van der Waals surface area (Å²) in [5, 5.41) is 18.9. The van der Waals surface area contributed by atoms with E-state index in [0.29, 0.717) is 36.1 Å². The molecule has 1 aliphatic heterocycles. The molecule has 2 unspecified atom stereocenters. The summed E-state index contributed by atoms with van der Waals surface area (Å²) in [5.41, 5.74) is -1.30. The van der Waals surface area contributed by atoms with Crippen LogP contribution in [0.4, 0.5) is 0 Å². The average Bonchev–Trinajstić information content (AvgIpc) is 2.96. The van der Waals surface area contributed by atoms with Gasteiger partial charge in [-0.25, -0.2) is 4.79 Å². The molecule has 0 amide bonds. The number of rotatable bonds is 7. The van der Waals surface area contributed by atoms with Gasteiger partial charge >= 0.3 is 11.9 Å². The van der Waals surface area contributed by atoms with Crippen molar-refractivity contribution in [1.29, 1.82) is 0 Å². The molecule has 3 rings (SSSR count). The Bertz CT molecular complexity index is 967. The molecule has 1 aliphatic carbocycles. The highest BCUT2D eigenvalue weighted by atomic mass is 35.5. The lowest BCUT2D eigenvalue weighted by Crippen LogP contribution is -2.46. The minimum Gasteiger partial charge on any atom is -0.482 e. The average molecular weight is 457 g/mol. The Morgan fingerprint density at radius 1 is 1.30 bits per heavy atom. The third kappa shape index (κ3) is 3.54. The second-order valence-corrected chi connectivity index (χ2v) is 8.87. The third-order valence-corrected chi connectivity index (χ3v) is 6.46. The molecule has 0 radical (unpaired) electrons. The standard InChI is InChI=1S/C21H22Cl2O7/c1-4-6-21-7-5-10(24)8-11(21)14-12(30-21)9-13(15(22)16(14)23)29-17(18(25)26)20(2,3)19(27)28/h8-9,17H,4-7H2,1-3H3,(H,25,26)(H,27,28).